The van der Waals surface area contributed by atoms with Crippen molar-refractivity contribution >= 4 is 23.2 Å². The summed E-state index contributed by atoms with van der Waals surface area (Å²) < 4.78 is 0. The van der Waals surface area contributed by atoms with Crippen LogP contribution in [0.4, 0.5) is 0 Å². The van der Waals surface area contributed by atoms with Gasteiger partial charge in [-0.2, -0.15) is 0 Å². The molecular weight excluding hydrogens is 268 g/mol. The van der Waals surface area contributed by atoms with E-state index >= 15 is 0 Å². The van der Waals surface area contributed by atoms with Gasteiger partial charge < -0.3 is 5.32 Å². The number of nitrogens with one attached hydrogen (secondary N) is 1. The fourth-order valence-electron chi connectivity index (χ4n) is 2.29. The van der Waals surface area contributed by atoms with E-state index in [2.05, 4.69) is 58.8 Å². The van der Waals surface area contributed by atoms with Crippen LogP contribution in [0.1, 0.15) is 11.1 Å². The van der Waals surface area contributed by atoms with Crippen molar-refractivity contribution in [2.75, 3.05) is 0 Å². The van der Waals surface area contributed by atoms with Crippen molar-refractivity contribution in [2.24, 2.45) is 0 Å². The highest BCUT2D eigenvalue weighted by Gasteiger charge is 1.99. The average Bonchev–Trinajstić information content (AvgIpc) is 2.49. The van der Waals surface area contributed by atoms with Gasteiger partial charge in [0.2, 0.25) is 0 Å². The lowest BCUT2D eigenvalue weighted by Crippen LogP contribution is -2.12. The Balaban J connectivity index is 0.00000147. The van der Waals surface area contributed by atoms with Gasteiger partial charge in [-0.05, 0) is 28.0 Å². The SMILES string of the molecule is Cl.c1cncc(CNCc2cccc3ccccc23)c1. The summed E-state index contributed by atoms with van der Waals surface area (Å²) >= 11 is 0. The Labute approximate surface area is 125 Å². The van der Waals surface area contributed by atoms with Crippen LogP contribution >= 0.6 is 12.4 Å². The van der Waals surface area contributed by atoms with Crippen LogP contribution in [0.5, 0.6) is 0 Å². The largest absolute Gasteiger partial charge is 0.309 e. The number of pyridine rings is 1. The Bertz CT molecular complexity index is 663. The monoisotopic (exact) mass is 284 g/mol. The Morgan fingerprint density at radius 2 is 1.70 bits per heavy atom. The summed E-state index contributed by atoms with van der Waals surface area (Å²) in [6, 6.07) is 19.0. The van der Waals surface area contributed by atoms with Crippen LogP contribution in [0.25, 0.3) is 10.8 Å². The van der Waals surface area contributed by atoms with Gasteiger partial charge in [0.25, 0.3) is 0 Å². The van der Waals surface area contributed by atoms with Crippen molar-refractivity contribution in [3.05, 3.63) is 78.1 Å². The predicted molar refractivity (Wildman–Crippen MR) is 86.0 cm³/mol. The molecule has 0 bridgehead atoms. The van der Waals surface area contributed by atoms with Crippen molar-refractivity contribution in [1.29, 1.82) is 0 Å². The van der Waals surface area contributed by atoms with Crippen LogP contribution in [-0.4, -0.2) is 4.98 Å². The zero-order valence-corrected chi connectivity index (χ0v) is 11.9. The Kier molecular flexibility index (Phi) is 5.10. The van der Waals surface area contributed by atoms with Crippen LogP contribution in [0.15, 0.2) is 67.0 Å². The third kappa shape index (κ3) is 3.35. The Morgan fingerprint density at radius 1 is 0.850 bits per heavy atom. The molecule has 2 aromatic carbocycles. The molecule has 3 rings (SSSR count). The number of hydrogen-bond donors (Lipinski definition) is 1. The number of benzene rings is 2. The quantitative estimate of drug-likeness (QED) is 0.785. The number of hydrogen-bond acceptors (Lipinski definition) is 2. The first-order chi connectivity index (χ1) is 9.43. The molecule has 0 fully saturated rings. The number of rotatable bonds is 4. The van der Waals surface area contributed by atoms with Gasteiger partial charge in [-0.3, -0.25) is 4.98 Å². The molecule has 3 heteroatoms. The second-order valence-corrected chi connectivity index (χ2v) is 4.60. The van der Waals surface area contributed by atoms with Crippen molar-refractivity contribution in [1.82, 2.24) is 10.3 Å². The van der Waals surface area contributed by atoms with E-state index in [-0.39, 0.29) is 12.4 Å². The van der Waals surface area contributed by atoms with Crippen LogP contribution in [0.2, 0.25) is 0 Å². The first-order valence-electron chi connectivity index (χ1n) is 6.50. The highest BCUT2D eigenvalue weighted by Crippen LogP contribution is 2.18. The minimum absolute atomic E-state index is 0. The zero-order chi connectivity index (χ0) is 12.9. The molecule has 2 nitrogen and oxygen atoms in total. The van der Waals surface area contributed by atoms with E-state index < -0.39 is 0 Å². The van der Waals surface area contributed by atoms with E-state index in [4.69, 9.17) is 0 Å². The standard InChI is InChI=1S/C17H16N2.ClH/c1-2-9-17-15(6-1)7-3-8-16(17)13-19-12-14-5-4-10-18-11-14;/h1-11,19H,12-13H2;1H. The van der Waals surface area contributed by atoms with Gasteiger partial charge >= 0.3 is 0 Å². The number of halogens is 1. The summed E-state index contributed by atoms with van der Waals surface area (Å²) in [5.74, 6) is 0. The molecule has 0 aliphatic rings. The van der Waals surface area contributed by atoms with Gasteiger partial charge in [0.15, 0.2) is 0 Å². The molecule has 1 N–H and O–H groups in total. The first kappa shape index (κ1) is 14.5. The van der Waals surface area contributed by atoms with Crippen LogP contribution in [-0.2, 0) is 13.1 Å². The minimum Gasteiger partial charge on any atom is -0.309 e. The molecule has 0 aliphatic heterocycles. The summed E-state index contributed by atoms with van der Waals surface area (Å²) in [6.07, 6.45) is 3.70. The third-order valence-electron chi connectivity index (χ3n) is 3.25. The maximum absolute atomic E-state index is 4.12. The van der Waals surface area contributed by atoms with E-state index in [1.54, 1.807) is 6.20 Å². The van der Waals surface area contributed by atoms with Gasteiger partial charge in [-0.1, -0.05) is 48.5 Å². The van der Waals surface area contributed by atoms with Gasteiger partial charge in [0.05, 0.1) is 0 Å². The maximum Gasteiger partial charge on any atom is 0.0312 e. The van der Waals surface area contributed by atoms with Gasteiger partial charge in [-0.25, -0.2) is 0 Å². The van der Waals surface area contributed by atoms with E-state index in [0.29, 0.717) is 0 Å². The lowest BCUT2D eigenvalue weighted by Gasteiger charge is -2.08. The lowest BCUT2D eigenvalue weighted by atomic mass is 10.0. The lowest BCUT2D eigenvalue weighted by molar-refractivity contribution is 0.694. The molecule has 0 radical (unpaired) electrons. The van der Waals surface area contributed by atoms with Gasteiger partial charge in [0.1, 0.15) is 0 Å². The van der Waals surface area contributed by atoms with Crippen molar-refractivity contribution in [3.8, 4) is 0 Å². The second kappa shape index (κ2) is 7.04. The first-order valence-corrected chi connectivity index (χ1v) is 6.50. The van der Waals surface area contributed by atoms with E-state index in [0.717, 1.165) is 13.1 Å². The average molecular weight is 285 g/mol. The van der Waals surface area contributed by atoms with Gasteiger partial charge in [-0.15, -0.1) is 12.4 Å². The zero-order valence-electron chi connectivity index (χ0n) is 11.1. The summed E-state index contributed by atoms with van der Waals surface area (Å²) in [4.78, 5) is 4.12. The normalized spacial score (nSPS) is 10.2. The molecular formula is C17H17ClN2. The molecule has 3 aromatic rings. The highest BCUT2D eigenvalue weighted by molar-refractivity contribution is 5.85. The molecule has 0 spiro atoms. The second-order valence-electron chi connectivity index (χ2n) is 4.60. The molecule has 0 saturated carbocycles. The van der Waals surface area contributed by atoms with Crippen molar-refractivity contribution in [2.45, 2.75) is 13.1 Å². The molecule has 0 aliphatic carbocycles. The Morgan fingerprint density at radius 3 is 2.55 bits per heavy atom. The highest BCUT2D eigenvalue weighted by atomic mass is 35.5. The summed E-state index contributed by atoms with van der Waals surface area (Å²) in [7, 11) is 0. The molecule has 1 heterocycles. The number of nitrogens with zero attached hydrogens (tertiary/aromatic N) is 1. The third-order valence-corrected chi connectivity index (χ3v) is 3.25. The van der Waals surface area contributed by atoms with Crippen molar-refractivity contribution < 1.29 is 0 Å². The minimum atomic E-state index is 0. The summed E-state index contributed by atoms with van der Waals surface area (Å²) in [5, 5.41) is 6.09. The topological polar surface area (TPSA) is 24.9 Å². The maximum atomic E-state index is 4.12. The molecule has 0 saturated heterocycles. The Hall–Kier alpha value is -1.90. The van der Waals surface area contributed by atoms with Crippen molar-refractivity contribution in [3.63, 3.8) is 0 Å². The fourth-order valence-corrected chi connectivity index (χ4v) is 2.29. The fraction of sp³-hybridized carbons (Fsp3) is 0.118. The summed E-state index contributed by atoms with van der Waals surface area (Å²) in [6.45, 7) is 1.72. The summed E-state index contributed by atoms with van der Waals surface area (Å²) in [5.41, 5.74) is 2.55. The van der Waals surface area contributed by atoms with E-state index in [9.17, 15) is 0 Å². The molecule has 0 amide bonds. The van der Waals surface area contributed by atoms with Crippen LogP contribution in [0.3, 0.4) is 0 Å². The molecule has 0 atom stereocenters. The smallest absolute Gasteiger partial charge is 0.0312 e. The molecule has 102 valence electrons. The predicted octanol–water partition coefficient (Wildman–Crippen LogP) is 3.95. The number of aromatic nitrogens is 1. The number of fused-ring (bicyclic) bond motifs is 1. The molecule has 20 heavy (non-hydrogen) atoms. The molecule has 0 unspecified atom stereocenters. The van der Waals surface area contributed by atoms with Crippen LogP contribution in [0, 0.1) is 0 Å². The molecule has 1 aromatic heterocycles. The van der Waals surface area contributed by atoms with Gasteiger partial charge in [0, 0.05) is 25.5 Å². The van der Waals surface area contributed by atoms with E-state index in [1.807, 2.05) is 12.3 Å². The van der Waals surface area contributed by atoms with E-state index in [1.165, 1.54) is 21.9 Å². The van der Waals surface area contributed by atoms with Crippen LogP contribution < -0.4 is 5.32 Å².